The third kappa shape index (κ3) is 1.98. The maximum Gasteiger partial charge on any atom is 0.251 e. The van der Waals surface area contributed by atoms with Crippen molar-refractivity contribution in [2.24, 2.45) is 0 Å². The molecule has 3 nitrogen and oxygen atoms in total. The fourth-order valence-corrected chi connectivity index (χ4v) is 2.13. The summed E-state index contributed by atoms with van der Waals surface area (Å²) in [6.45, 7) is 0. The quantitative estimate of drug-likeness (QED) is 0.764. The molecule has 1 aliphatic carbocycles. The first-order chi connectivity index (χ1) is 6.79. The van der Waals surface area contributed by atoms with Crippen molar-refractivity contribution in [1.29, 1.82) is 0 Å². The van der Waals surface area contributed by atoms with Crippen molar-refractivity contribution >= 4 is 11.6 Å². The van der Waals surface area contributed by atoms with Crippen LogP contribution in [0.1, 0.15) is 43.1 Å². The highest BCUT2D eigenvalue weighted by atomic mass is 35.5. The second kappa shape index (κ2) is 4.13. The number of H-pyrrole nitrogens is 1. The summed E-state index contributed by atoms with van der Waals surface area (Å²) in [6, 6.07) is 1.46. The van der Waals surface area contributed by atoms with E-state index in [2.05, 4.69) is 9.97 Å². The van der Waals surface area contributed by atoms with E-state index in [1.54, 1.807) is 0 Å². The molecule has 2 rings (SSSR count). The van der Waals surface area contributed by atoms with Gasteiger partial charge < -0.3 is 4.98 Å². The van der Waals surface area contributed by atoms with Gasteiger partial charge in [-0.15, -0.1) is 11.6 Å². The van der Waals surface area contributed by atoms with Crippen LogP contribution in [0.25, 0.3) is 0 Å². The van der Waals surface area contributed by atoms with Gasteiger partial charge in [-0.25, -0.2) is 4.98 Å². The molecule has 0 amide bonds. The van der Waals surface area contributed by atoms with Crippen LogP contribution in [0.3, 0.4) is 0 Å². The van der Waals surface area contributed by atoms with Crippen LogP contribution in [0.15, 0.2) is 10.9 Å². The van der Waals surface area contributed by atoms with Gasteiger partial charge in [0.1, 0.15) is 5.82 Å². The minimum absolute atomic E-state index is 0.0856. The molecular weight excluding hydrogens is 200 g/mol. The highest BCUT2D eigenvalue weighted by molar-refractivity contribution is 6.16. The van der Waals surface area contributed by atoms with Gasteiger partial charge in [0.25, 0.3) is 5.56 Å². The molecule has 76 valence electrons. The number of halogens is 1. The Labute approximate surface area is 87.5 Å². The predicted molar refractivity (Wildman–Crippen MR) is 55.6 cm³/mol. The third-order valence-corrected chi connectivity index (χ3v) is 2.97. The van der Waals surface area contributed by atoms with Crippen molar-refractivity contribution in [3.05, 3.63) is 27.9 Å². The molecule has 0 atom stereocenters. The summed E-state index contributed by atoms with van der Waals surface area (Å²) in [7, 11) is 0. The largest absolute Gasteiger partial charge is 0.310 e. The lowest BCUT2D eigenvalue weighted by atomic mass is 10.1. The summed E-state index contributed by atoms with van der Waals surface area (Å²) in [5.74, 6) is 1.57. The van der Waals surface area contributed by atoms with Gasteiger partial charge in [-0.1, -0.05) is 12.8 Å². The molecule has 1 heterocycles. The van der Waals surface area contributed by atoms with Gasteiger partial charge in [-0.05, 0) is 12.8 Å². The van der Waals surface area contributed by atoms with Gasteiger partial charge in [0.15, 0.2) is 0 Å². The standard InChI is InChI=1S/C10H13ClN2O/c11-6-8-5-9(14)13-10(12-8)7-3-1-2-4-7/h5,7H,1-4,6H2,(H,12,13,14). The van der Waals surface area contributed by atoms with E-state index in [1.165, 1.54) is 18.9 Å². The second-order valence-corrected chi connectivity index (χ2v) is 4.00. The van der Waals surface area contributed by atoms with E-state index in [0.717, 1.165) is 18.7 Å². The summed E-state index contributed by atoms with van der Waals surface area (Å²) < 4.78 is 0. The third-order valence-electron chi connectivity index (χ3n) is 2.69. The van der Waals surface area contributed by atoms with Crippen molar-refractivity contribution in [3.63, 3.8) is 0 Å². The topological polar surface area (TPSA) is 45.8 Å². The summed E-state index contributed by atoms with van der Waals surface area (Å²) in [6.07, 6.45) is 4.74. The van der Waals surface area contributed by atoms with E-state index in [9.17, 15) is 4.79 Å². The normalized spacial score (nSPS) is 17.5. The number of rotatable bonds is 2. The monoisotopic (exact) mass is 212 g/mol. The van der Waals surface area contributed by atoms with Crippen LogP contribution in [0.4, 0.5) is 0 Å². The summed E-state index contributed by atoms with van der Waals surface area (Å²) in [5, 5.41) is 0. The molecule has 0 aromatic carbocycles. The smallest absolute Gasteiger partial charge is 0.251 e. The molecule has 0 spiro atoms. The lowest BCUT2D eigenvalue weighted by molar-refractivity contribution is 0.659. The number of nitrogens with zero attached hydrogens (tertiary/aromatic N) is 1. The molecule has 0 saturated heterocycles. The van der Waals surface area contributed by atoms with E-state index in [-0.39, 0.29) is 5.56 Å². The zero-order valence-electron chi connectivity index (χ0n) is 7.92. The Balaban J connectivity index is 2.32. The van der Waals surface area contributed by atoms with Gasteiger partial charge in [0, 0.05) is 12.0 Å². The Morgan fingerprint density at radius 2 is 2.21 bits per heavy atom. The first-order valence-electron chi connectivity index (χ1n) is 4.95. The average molecular weight is 213 g/mol. The summed E-state index contributed by atoms with van der Waals surface area (Å²) >= 11 is 5.66. The Bertz CT molecular complexity index is 369. The highest BCUT2D eigenvalue weighted by Crippen LogP contribution is 2.31. The second-order valence-electron chi connectivity index (χ2n) is 3.74. The molecule has 0 radical (unpaired) electrons. The maximum atomic E-state index is 11.3. The van der Waals surface area contributed by atoms with Crippen molar-refractivity contribution in [1.82, 2.24) is 9.97 Å². The zero-order valence-corrected chi connectivity index (χ0v) is 8.68. The van der Waals surface area contributed by atoms with Crippen LogP contribution < -0.4 is 5.56 Å². The van der Waals surface area contributed by atoms with Crippen LogP contribution in [-0.2, 0) is 5.88 Å². The molecule has 1 aromatic heterocycles. The van der Waals surface area contributed by atoms with Crippen molar-refractivity contribution in [2.75, 3.05) is 0 Å². The number of alkyl halides is 1. The van der Waals surface area contributed by atoms with Crippen molar-refractivity contribution in [2.45, 2.75) is 37.5 Å². The van der Waals surface area contributed by atoms with Crippen LogP contribution in [-0.4, -0.2) is 9.97 Å². The number of hydrogen-bond acceptors (Lipinski definition) is 2. The van der Waals surface area contributed by atoms with E-state index in [1.807, 2.05) is 0 Å². The predicted octanol–water partition coefficient (Wildman–Crippen LogP) is 2.17. The Morgan fingerprint density at radius 1 is 1.50 bits per heavy atom. The van der Waals surface area contributed by atoms with Crippen molar-refractivity contribution in [3.8, 4) is 0 Å². The fraction of sp³-hybridized carbons (Fsp3) is 0.600. The Morgan fingerprint density at radius 3 is 2.86 bits per heavy atom. The molecule has 1 fully saturated rings. The van der Waals surface area contributed by atoms with E-state index < -0.39 is 0 Å². The number of aromatic nitrogens is 2. The molecule has 0 aliphatic heterocycles. The first-order valence-corrected chi connectivity index (χ1v) is 5.49. The van der Waals surface area contributed by atoms with Crippen LogP contribution >= 0.6 is 11.6 Å². The van der Waals surface area contributed by atoms with Crippen LogP contribution in [0.2, 0.25) is 0 Å². The number of hydrogen-bond donors (Lipinski definition) is 1. The fourth-order valence-electron chi connectivity index (χ4n) is 1.99. The minimum atomic E-state index is -0.0856. The lowest BCUT2D eigenvalue weighted by Gasteiger charge is -2.08. The summed E-state index contributed by atoms with van der Waals surface area (Å²) in [5.41, 5.74) is 0.592. The first kappa shape index (κ1) is 9.71. The van der Waals surface area contributed by atoms with E-state index in [0.29, 0.717) is 17.5 Å². The van der Waals surface area contributed by atoms with Gasteiger partial charge in [-0.3, -0.25) is 4.79 Å². The van der Waals surface area contributed by atoms with Gasteiger partial charge in [0.05, 0.1) is 11.6 Å². The number of aromatic amines is 1. The van der Waals surface area contributed by atoms with E-state index >= 15 is 0 Å². The molecule has 1 aromatic rings. The van der Waals surface area contributed by atoms with Gasteiger partial charge in [0.2, 0.25) is 0 Å². The molecule has 4 heteroatoms. The van der Waals surface area contributed by atoms with Crippen molar-refractivity contribution < 1.29 is 0 Å². The van der Waals surface area contributed by atoms with Crippen LogP contribution in [0.5, 0.6) is 0 Å². The van der Waals surface area contributed by atoms with Gasteiger partial charge >= 0.3 is 0 Å². The molecule has 1 aliphatic rings. The summed E-state index contributed by atoms with van der Waals surface area (Å²) in [4.78, 5) is 18.4. The van der Waals surface area contributed by atoms with E-state index in [4.69, 9.17) is 11.6 Å². The molecule has 0 bridgehead atoms. The lowest BCUT2D eigenvalue weighted by Crippen LogP contribution is -2.14. The molecule has 14 heavy (non-hydrogen) atoms. The molecule has 0 unspecified atom stereocenters. The Kier molecular flexibility index (Phi) is 2.87. The Hall–Kier alpha value is -0.830. The molecule has 1 saturated carbocycles. The average Bonchev–Trinajstić information content (AvgIpc) is 2.69. The minimum Gasteiger partial charge on any atom is -0.310 e. The van der Waals surface area contributed by atoms with Gasteiger partial charge in [-0.2, -0.15) is 0 Å². The molecule has 1 N–H and O–H groups in total. The number of nitrogens with one attached hydrogen (secondary N) is 1. The zero-order chi connectivity index (χ0) is 9.97. The molecular formula is C10H13ClN2O. The highest BCUT2D eigenvalue weighted by Gasteiger charge is 2.19. The maximum absolute atomic E-state index is 11.3. The van der Waals surface area contributed by atoms with Crippen LogP contribution in [0, 0.1) is 0 Å². The SMILES string of the molecule is O=c1cc(CCl)nc(C2CCCC2)[nH]1.